The minimum atomic E-state index is -0.295. The first-order valence-electron chi connectivity index (χ1n) is 14.9. The number of rotatable bonds is 4. The average Bonchev–Trinajstić information content (AvgIpc) is 3.88. The quantitative estimate of drug-likeness (QED) is 0.464. The lowest BCUT2D eigenvalue weighted by molar-refractivity contribution is 0.0211. The summed E-state index contributed by atoms with van der Waals surface area (Å²) < 4.78 is 13.8. The lowest BCUT2D eigenvalue weighted by Gasteiger charge is -2.28. The number of pyridine rings is 1. The molecular weight excluding hydrogens is 518 g/mol. The Balaban J connectivity index is 1.18. The van der Waals surface area contributed by atoms with Gasteiger partial charge in [-0.3, -0.25) is 9.78 Å². The van der Waals surface area contributed by atoms with Crippen LogP contribution in [0, 0.1) is 18.8 Å². The van der Waals surface area contributed by atoms with Crippen LogP contribution in [0.1, 0.15) is 60.6 Å². The number of nitrogens with zero attached hydrogens (tertiary/aromatic N) is 5. The van der Waals surface area contributed by atoms with Crippen LogP contribution in [0.3, 0.4) is 0 Å². The number of aryl methyl sites for hydroxylation is 1. The van der Waals surface area contributed by atoms with Gasteiger partial charge in [-0.05, 0) is 87.6 Å². The zero-order valence-corrected chi connectivity index (χ0v) is 23.3. The highest BCUT2D eigenvalue weighted by Crippen LogP contribution is 2.44. The number of amides is 1. The van der Waals surface area contributed by atoms with Gasteiger partial charge < -0.3 is 25.0 Å². The summed E-state index contributed by atoms with van der Waals surface area (Å²) in [4.78, 5) is 25.4. The van der Waals surface area contributed by atoms with Crippen molar-refractivity contribution >= 4 is 28.9 Å². The molecule has 10 heteroatoms. The van der Waals surface area contributed by atoms with Crippen molar-refractivity contribution in [3.8, 4) is 17.1 Å². The number of anilines is 3. The average molecular weight is 554 g/mol. The molecule has 2 N–H and O–H groups in total. The Morgan fingerprint density at radius 3 is 2.71 bits per heavy atom. The van der Waals surface area contributed by atoms with E-state index < -0.39 is 0 Å². The third kappa shape index (κ3) is 4.84. The van der Waals surface area contributed by atoms with Crippen LogP contribution in [0.5, 0.6) is 5.88 Å². The van der Waals surface area contributed by atoms with Gasteiger partial charge in [-0.1, -0.05) is 0 Å². The summed E-state index contributed by atoms with van der Waals surface area (Å²) in [6.07, 6.45) is 8.57. The summed E-state index contributed by atoms with van der Waals surface area (Å²) in [6, 6.07) is 10.7. The molecule has 3 fully saturated rings. The Morgan fingerprint density at radius 2 is 1.93 bits per heavy atom. The molecule has 8 rings (SSSR count). The van der Waals surface area contributed by atoms with Gasteiger partial charge in [0, 0.05) is 23.5 Å². The van der Waals surface area contributed by atoms with Crippen molar-refractivity contribution in [3.05, 3.63) is 47.8 Å². The fourth-order valence-corrected chi connectivity index (χ4v) is 6.22. The second kappa shape index (κ2) is 9.87. The summed E-state index contributed by atoms with van der Waals surface area (Å²) in [6.45, 7) is 4.79. The standard InChI is InChI=1S/C31H35N7O3/c1-18-11-21-12-26(33-18)25-14-32-38(24-7-8-24)30(25)41-10-2-3-20(19-4-5-19)15-37-28-9-6-22(34-23-16-40-17-23)13-27(28)35-31(37)36-29(21)39/h6,9,11-14,19-20,23-24,34H,2-5,7-8,10,15-17H2,1H3,(H,35,36,39). The van der Waals surface area contributed by atoms with E-state index in [0.29, 0.717) is 47.7 Å². The van der Waals surface area contributed by atoms with Gasteiger partial charge in [0.05, 0.1) is 60.7 Å². The summed E-state index contributed by atoms with van der Waals surface area (Å²) in [5.41, 5.74) is 5.84. The van der Waals surface area contributed by atoms with Crippen LogP contribution in [-0.4, -0.2) is 59.0 Å². The lowest BCUT2D eigenvalue weighted by Crippen LogP contribution is -2.40. The molecule has 2 bridgehead atoms. The summed E-state index contributed by atoms with van der Waals surface area (Å²) in [5.74, 6) is 2.24. The lowest BCUT2D eigenvalue weighted by atomic mass is 9.97. The van der Waals surface area contributed by atoms with Gasteiger partial charge >= 0.3 is 0 Å². The number of fused-ring (bicyclic) bond motifs is 7. The third-order valence-corrected chi connectivity index (χ3v) is 8.79. The van der Waals surface area contributed by atoms with Crippen LogP contribution in [0.4, 0.5) is 17.1 Å². The summed E-state index contributed by atoms with van der Waals surface area (Å²) >= 11 is 0. The van der Waals surface area contributed by atoms with Crippen LogP contribution >= 0.6 is 0 Å². The number of carbonyl (C=O) groups is 1. The zero-order valence-electron chi connectivity index (χ0n) is 23.3. The molecule has 1 aromatic carbocycles. The minimum absolute atomic E-state index is 0.295. The molecule has 1 unspecified atom stereocenters. The molecule has 0 spiro atoms. The summed E-state index contributed by atoms with van der Waals surface area (Å²) in [7, 11) is 0. The van der Waals surface area contributed by atoms with Gasteiger partial charge in [-0.25, -0.2) is 4.68 Å². The number of hydrogen-bond acceptors (Lipinski definition) is 8. The normalized spacial score (nSPS) is 23.9. The van der Waals surface area contributed by atoms with Crippen LogP contribution in [0.2, 0.25) is 0 Å². The predicted octanol–water partition coefficient (Wildman–Crippen LogP) is 5.03. The molecule has 212 valence electrons. The number of carbonyl (C=O) groups excluding carboxylic acids is 1. The number of guanidine groups is 1. The Bertz CT molecular complexity index is 1540. The van der Waals surface area contributed by atoms with Crippen molar-refractivity contribution < 1.29 is 14.3 Å². The topological polar surface area (TPSA) is 106 Å². The molecular formula is C31H35N7O3. The van der Waals surface area contributed by atoms with Crippen LogP contribution in [-0.2, 0) is 4.74 Å². The maximum absolute atomic E-state index is 13.7. The highest BCUT2D eigenvalue weighted by atomic mass is 16.5. The van der Waals surface area contributed by atoms with Crippen LogP contribution in [0.15, 0.2) is 41.5 Å². The second-order valence-electron chi connectivity index (χ2n) is 12.1. The van der Waals surface area contributed by atoms with Crippen molar-refractivity contribution in [1.82, 2.24) is 14.8 Å². The smallest absolute Gasteiger partial charge is 0.280 e. The fourth-order valence-electron chi connectivity index (χ4n) is 6.22. The SMILES string of the molecule is Cc1cc2cc(n1)-c1cnn(C3CC3)c1OCCCC(C1CC1)CN1/C(=N/C2=O)Nc2cc(NC3COC3)ccc21. The number of hydrogen-bond donors (Lipinski definition) is 2. The van der Waals surface area contributed by atoms with E-state index in [9.17, 15) is 4.79 Å². The van der Waals surface area contributed by atoms with Gasteiger partial charge in [0.2, 0.25) is 11.8 Å². The maximum atomic E-state index is 13.7. The molecule has 2 aromatic heterocycles. The zero-order chi connectivity index (χ0) is 27.5. The van der Waals surface area contributed by atoms with Gasteiger partial charge in [0.15, 0.2) is 0 Å². The molecule has 10 nitrogen and oxygen atoms in total. The minimum Gasteiger partial charge on any atom is -0.477 e. The molecule has 0 radical (unpaired) electrons. The number of benzene rings is 1. The monoisotopic (exact) mass is 553 g/mol. The fraction of sp³-hybridized carbons (Fsp3) is 0.484. The van der Waals surface area contributed by atoms with E-state index in [-0.39, 0.29) is 5.91 Å². The summed E-state index contributed by atoms with van der Waals surface area (Å²) in [5, 5.41) is 11.7. The van der Waals surface area contributed by atoms with E-state index >= 15 is 0 Å². The molecule has 5 aliphatic rings. The first-order valence-corrected chi connectivity index (χ1v) is 14.9. The van der Waals surface area contributed by atoms with E-state index in [1.165, 1.54) is 12.8 Å². The number of ether oxygens (including phenoxy) is 2. The van der Waals surface area contributed by atoms with Crippen molar-refractivity contribution in [2.45, 2.75) is 57.5 Å². The van der Waals surface area contributed by atoms with Crippen molar-refractivity contribution in [3.63, 3.8) is 0 Å². The molecule has 2 aliphatic carbocycles. The molecule has 2 saturated carbocycles. The molecule has 1 saturated heterocycles. The number of aliphatic imine (C=N–C) groups is 1. The highest BCUT2D eigenvalue weighted by molar-refractivity contribution is 6.19. The van der Waals surface area contributed by atoms with Crippen LogP contribution < -0.4 is 20.3 Å². The molecule has 5 heterocycles. The largest absolute Gasteiger partial charge is 0.477 e. The van der Waals surface area contributed by atoms with E-state index in [4.69, 9.17) is 14.5 Å². The molecule has 41 heavy (non-hydrogen) atoms. The molecule has 1 atom stereocenters. The molecule has 3 aliphatic heterocycles. The number of nitrogens with one attached hydrogen (secondary N) is 2. The van der Waals surface area contributed by atoms with Gasteiger partial charge in [0.1, 0.15) is 0 Å². The molecule has 3 aromatic rings. The van der Waals surface area contributed by atoms with Gasteiger partial charge in [0.25, 0.3) is 5.91 Å². The van der Waals surface area contributed by atoms with E-state index in [1.807, 2.05) is 29.9 Å². The van der Waals surface area contributed by atoms with Crippen molar-refractivity contribution in [2.24, 2.45) is 16.8 Å². The predicted molar refractivity (Wildman–Crippen MR) is 157 cm³/mol. The third-order valence-electron chi connectivity index (χ3n) is 8.79. The Morgan fingerprint density at radius 1 is 1.05 bits per heavy atom. The van der Waals surface area contributed by atoms with Gasteiger partial charge in [-0.2, -0.15) is 10.1 Å². The van der Waals surface area contributed by atoms with E-state index in [1.54, 1.807) is 0 Å². The Labute approximate surface area is 239 Å². The Kier molecular flexibility index (Phi) is 5.98. The molecule has 1 amide bonds. The first-order chi connectivity index (χ1) is 20.1. The first kappa shape index (κ1) is 24.8. The Hall–Kier alpha value is -3.92. The number of aromatic nitrogens is 3. The van der Waals surface area contributed by atoms with Crippen molar-refractivity contribution in [2.75, 3.05) is 41.9 Å². The highest BCUT2D eigenvalue weighted by Gasteiger charge is 2.36. The maximum Gasteiger partial charge on any atom is 0.280 e. The van der Waals surface area contributed by atoms with Crippen molar-refractivity contribution in [1.29, 1.82) is 0 Å². The van der Waals surface area contributed by atoms with E-state index in [0.717, 1.165) is 79.6 Å². The van der Waals surface area contributed by atoms with Crippen LogP contribution in [0.25, 0.3) is 11.3 Å². The van der Waals surface area contributed by atoms with E-state index in [2.05, 4.69) is 43.8 Å². The van der Waals surface area contributed by atoms with Gasteiger partial charge in [-0.15, -0.1) is 0 Å². The second-order valence-corrected chi connectivity index (χ2v) is 12.1.